The predicted molar refractivity (Wildman–Crippen MR) is 87.0 cm³/mol. The number of halogens is 1. The SMILES string of the molecule is O=S(=O)(Nc1ccccc1Br)c1ccc2c(c1)OCCCO2. The highest BCUT2D eigenvalue weighted by molar-refractivity contribution is 9.10. The molecule has 0 fully saturated rings. The van der Waals surface area contributed by atoms with Gasteiger partial charge in [0, 0.05) is 17.0 Å². The number of hydrogen-bond acceptors (Lipinski definition) is 4. The molecule has 1 aliphatic heterocycles. The Labute approximate surface area is 137 Å². The van der Waals surface area contributed by atoms with E-state index in [1.165, 1.54) is 12.1 Å². The molecule has 1 N–H and O–H groups in total. The Hall–Kier alpha value is -1.73. The van der Waals surface area contributed by atoms with E-state index in [0.717, 1.165) is 6.42 Å². The number of nitrogens with one attached hydrogen (secondary N) is 1. The summed E-state index contributed by atoms with van der Waals surface area (Å²) in [5.74, 6) is 1.02. The van der Waals surface area contributed by atoms with Crippen molar-refractivity contribution in [2.75, 3.05) is 17.9 Å². The third-order valence-electron chi connectivity index (χ3n) is 3.15. The van der Waals surface area contributed by atoms with Crippen LogP contribution >= 0.6 is 15.9 Å². The second-order valence-electron chi connectivity index (χ2n) is 4.74. The lowest BCUT2D eigenvalue weighted by molar-refractivity contribution is 0.297. The van der Waals surface area contributed by atoms with Gasteiger partial charge in [-0.2, -0.15) is 0 Å². The van der Waals surface area contributed by atoms with Gasteiger partial charge in [-0.05, 0) is 40.2 Å². The van der Waals surface area contributed by atoms with Gasteiger partial charge in [0.25, 0.3) is 10.0 Å². The van der Waals surface area contributed by atoms with E-state index in [1.807, 2.05) is 6.07 Å². The van der Waals surface area contributed by atoms with Gasteiger partial charge in [0.05, 0.1) is 23.8 Å². The zero-order chi connectivity index (χ0) is 15.6. The molecule has 1 heterocycles. The Balaban J connectivity index is 1.92. The first-order chi connectivity index (χ1) is 10.6. The molecule has 0 bridgehead atoms. The number of ether oxygens (including phenoxy) is 2. The molecule has 7 heteroatoms. The van der Waals surface area contributed by atoms with Crippen LogP contribution in [-0.2, 0) is 10.0 Å². The fourth-order valence-corrected chi connectivity index (χ4v) is 3.67. The van der Waals surface area contributed by atoms with Crippen molar-refractivity contribution in [3.8, 4) is 11.5 Å². The van der Waals surface area contributed by atoms with Crippen molar-refractivity contribution in [1.29, 1.82) is 0 Å². The van der Waals surface area contributed by atoms with Crippen LogP contribution in [-0.4, -0.2) is 21.6 Å². The van der Waals surface area contributed by atoms with Crippen molar-refractivity contribution < 1.29 is 17.9 Å². The van der Waals surface area contributed by atoms with Gasteiger partial charge in [-0.15, -0.1) is 0 Å². The molecule has 0 spiro atoms. The van der Waals surface area contributed by atoms with Gasteiger partial charge in [0.15, 0.2) is 11.5 Å². The van der Waals surface area contributed by atoms with E-state index in [2.05, 4.69) is 20.7 Å². The predicted octanol–water partition coefficient (Wildman–Crippen LogP) is 3.41. The molecule has 0 aliphatic carbocycles. The van der Waals surface area contributed by atoms with Crippen molar-refractivity contribution in [2.45, 2.75) is 11.3 Å². The van der Waals surface area contributed by atoms with Gasteiger partial charge < -0.3 is 9.47 Å². The van der Waals surface area contributed by atoms with Crippen LogP contribution in [0.5, 0.6) is 11.5 Å². The number of para-hydroxylation sites is 1. The van der Waals surface area contributed by atoms with Gasteiger partial charge in [0.1, 0.15) is 0 Å². The normalized spacial score (nSPS) is 14.2. The summed E-state index contributed by atoms with van der Waals surface area (Å²) in [7, 11) is -3.70. The number of fused-ring (bicyclic) bond motifs is 1. The first-order valence-electron chi connectivity index (χ1n) is 6.73. The van der Waals surface area contributed by atoms with Crippen molar-refractivity contribution >= 4 is 31.6 Å². The summed E-state index contributed by atoms with van der Waals surface area (Å²) in [4.78, 5) is 0.132. The van der Waals surface area contributed by atoms with Crippen LogP contribution in [0.1, 0.15) is 6.42 Å². The zero-order valence-corrected chi connectivity index (χ0v) is 14.0. The molecular formula is C15H14BrNO4S. The van der Waals surface area contributed by atoms with E-state index >= 15 is 0 Å². The minimum absolute atomic E-state index is 0.132. The summed E-state index contributed by atoms with van der Waals surface area (Å²) in [6.45, 7) is 1.07. The lowest BCUT2D eigenvalue weighted by Crippen LogP contribution is -2.13. The molecule has 0 radical (unpaired) electrons. The minimum Gasteiger partial charge on any atom is -0.490 e. The lowest BCUT2D eigenvalue weighted by Gasteiger charge is -2.12. The first kappa shape index (κ1) is 15.2. The average Bonchev–Trinajstić information content (AvgIpc) is 2.74. The van der Waals surface area contributed by atoms with Crippen molar-refractivity contribution in [3.05, 3.63) is 46.9 Å². The number of sulfonamides is 1. The summed E-state index contributed by atoms with van der Waals surface area (Å²) < 4.78 is 39.3. The Kier molecular flexibility index (Phi) is 4.26. The molecule has 1 aliphatic rings. The Morgan fingerprint density at radius 2 is 1.73 bits per heavy atom. The Bertz CT molecular complexity index is 792. The molecular weight excluding hydrogens is 370 g/mol. The van der Waals surface area contributed by atoms with Crippen LogP contribution in [0.15, 0.2) is 51.8 Å². The molecule has 5 nitrogen and oxygen atoms in total. The highest BCUT2D eigenvalue weighted by Gasteiger charge is 2.19. The van der Waals surface area contributed by atoms with E-state index in [4.69, 9.17) is 9.47 Å². The minimum atomic E-state index is -3.70. The maximum absolute atomic E-state index is 12.5. The van der Waals surface area contributed by atoms with E-state index < -0.39 is 10.0 Å². The van der Waals surface area contributed by atoms with Gasteiger partial charge in [0.2, 0.25) is 0 Å². The van der Waals surface area contributed by atoms with E-state index in [-0.39, 0.29) is 4.90 Å². The molecule has 0 saturated heterocycles. The van der Waals surface area contributed by atoms with Crippen LogP contribution in [0, 0.1) is 0 Å². The van der Waals surface area contributed by atoms with E-state index in [0.29, 0.717) is 34.9 Å². The van der Waals surface area contributed by atoms with Crippen LogP contribution in [0.25, 0.3) is 0 Å². The van der Waals surface area contributed by atoms with Crippen molar-refractivity contribution in [2.24, 2.45) is 0 Å². The molecule has 116 valence electrons. The Morgan fingerprint density at radius 1 is 1.00 bits per heavy atom. The topological polar surface area (TPSA) is 64.6 Å². The Morgan fingerprint density at radius 3 is 2.50 bits per heavy atom. The molecule has 0 unspecified atom stereocenters. The number of rotatable bonds is 3. The van der Waals surface area contributed by atoms with E-state index in [9.17, 15) is 8.42 Å². The molecule has 0 atom stereocenters. The summed E-state index contributed by atoms with van der Waals surface area (Å²) in [5, 5.41) is 0. The van der Waals surface area contributed by atoms with Crippen LogP contribution in [0.2, 0.25) is 0 Å². The molecule has 22 heavy (non-hydrogen) atoms. The monoisotopic (exact) mass is 383 g/mol. The number of benzene rings is 2. The molecule has 0 amide bonds. The first-order valence-corrected chi connectivity index (χ1v) is 9.01. The second kappa shape index (κ2) is 6.18. The average molecular weight is 384 g/mol. The van der Waals surface area contributed by atoms with Gasteiger partial charge in [-0.25, -0.2) is 8.42 Å². The molecule has 3 rings (SSSR count). The third kappa shape index (κ3) is 3.20. The molecule has 2 aromatic rings. The summed E-state index contributed by atoms with van der Waals surface area (Å²) >= 11 is 3.32. The van der Waals surface area contributed by atoms with Gasteiger partial charge in [-0.1, -0.05) is 12.1 Å². The van der Waals surface area contributed by atoms with Gasteiger partial charge in [-0.3, -0.25) is 4.72 Å². The molecule has 0 saturated carbocycles. The van der Waals surface area contributed by atoms with E-state index in [1.54, 1.807) is 24.3 Å². The van der Waals surface area contributed by atoms with Crippen LogP contribution in [0.4, 0.5) is 5.69 Å². The van der Waals surface area contributed by atoms with Crippen LogP contribution in [0.3, 0.4) is 0 Å². The maximum atomic E-state index is 12.5. The quantitative estimate of drug-likeness (QED) is 0.881. The zero-order valence-electron chi connectivity index (χ0n) is 11.6. The van der Waals surface area contributed by atoms with Crippen molar-refractivity contribution in [3.63, 3.8) is 0 Å². The maximum Gasteiger partial charge on any atom is 0.262 e. The lowest BCUT2D eigenvalue weighted by atomic mass is 10.3. The largest absolute Gasteiger partial charge is 0.490 e. The fraction of sp³-hybridized carbons (Fsp3) is 0.200. The van der Waals surface area contributed by atoms with Gasteiger partial charge >= 0.3 is 0 Å². The molecule has 0 aromatic heterocycles. The fourth-order valence-electron chi connectivity index (χ4n) is 2.06. The summed E-state index contributed by atoms with van der Waals surface area (Å²) in [6, 6.07) is 11.6. The summed E-state index contributed by atoms with van der Waals surface area (Å²) in [6.07, 6.45) is 0.770. The van der Waals surface area contributed by atoms with Crippen LogP contribution < -0.4 is 14.2 Å². The molecule has 2 aromatic carbocycles. The second-order valence-corrected chi connectivity index (χ2v) is 7.28. The highest BCUT2D eigenvalue weighted by atomic mass is 79.9. The standard InChI is InChI=1S/C15H14BrNO4S/c16-12-4-1-2-5-13(12)17-22(18,19)11-6-7-14-15(10-11)21-9-3-8-20-14/h1-2,4-7,10,17H,3,8-9H2. The summed E-state index contributed by atoms with van der Waals surface area (Å²) in [5.41, 5.74) is 0.481. The van der Waals surface area contributed by atoms with Crippen molar-refractivity contribution in [1.82, 2.24) is 0 Å². The third-order valence-corrected chi connectivity index (χ3v) is 5.20. The smallest absolute Gasteiger partial charge is 0.262 e. The number of hydrogen-bond donors (Lipinski definition) is 1. The number of anilines is 1. The highest BCUT2D eigenvalue weighted by Crippen LogP contribution is 2.33.